The first-order valence-electron chi connectivity index (χ1n) is 11.5. The zero-order valence-corrected chi connectivity index (χ0v) is 20.4. The molecule has 0 fully saturated rings. The quantitative estimate of drug-likeness (QED) is 0.285. The minimum absolute atomic E-state index is 0.0286. The highest BCUT2D eigenvalue weighted by Gasteiger charge is 2.35. The number of nitrogens with one attached hydrogen (secondary N) is 2. The number of hydrogen-bond acceptors (Lipinski definition) is 6. The van der Waals surface area contributed by atoms with Gasteiger partial charge in [-0.1, -0.05) is 19.8 Å². The molecule has 3 rings (SSSR count). The van der Waals surface area contributed by atoms with Crippen molar-refractivity contribution in [2.24, 2.45) is 0 Å². The standard InChI is InChI=1S/C26H31F3N4O2/c1-5-6-7-16-34-20-12-8-18(9-13-20)31-23-22(26(27,28)29)17-30-24(33-23)32-19-10-14-21(15-11-19)35-25(2,3)4/h8-15,17H,5-7,16H2,1-4H3,(H2,30,31,32,33). The lowest BCUT2D eigenvalue weighted by atomic mass is 10.2. The lowest BCUT2D eigenvalue weighted by molar-refractivity contribution is -0.137. The predicted octanol–water partition coefficient (Wildman–Crippen LogP) is 7.73. The number of nitrogens with zero attached hydrogens (tertiary/aromatic N) is 2. The van der Waals surface area contributed by atoms with Crippen molar-refractivity contribution in [1.82, 2.24) is 9.97 Å². The highest BCUT2D eigenvalue weighted by atomic mass is 19.4. The van der Waals surface area contributed by atoms with E-state index >= 15 is 0 Å². The highest BCUT2D eigenvalue weighted by Crippen LogP contribution is 2.35. The summed E-state index contributed by atoms with van der Waals surface area (Å²) < 4.78 is 52.2. The molecule has 1 aromatic heterocycles. The summed E-state index contributed by atoms with van der Waals surface area (Å²) >= 11 is 0. The van der Waals surface area contributed by atoms with Crippen LogP contribution < -0.4 is 20.1 Å². The van der Waals surface area contributed by atoms with Crippen LogP contribution in [0, 0.1) is 0 Å². The van der Waals surface area contributed by atoms with Crippen LogP contribution in [0.3, 0.4) is 0 Å². The maximum atomic E-state index is 13.6. The summed E-state index contributed by atoms with van der Waals surface area (Å²) in [6.07, 6.45) is -0.719. The first-order valence-corrected chi connectivity index (χ1v) is 11.5. The van der Waals surface area contributed by atoms with Gasteiger partial charge in [0.25, 0.3) is 0 Å². The average molecular weight is 489 g/mol. The van der Waals surface area contributed by atoms with Crippen molar-refractivity contribution in [3.8, 4) is 11.5 Å². The van der Waals surface area contributed by atoms with Gasteiger partial charge in [0.05, 0.1) is 6.61 Å². The second-order valence-electron chi connectivity index (χ2n) is 9.02. The summed E-state index contributed by atoms with van der Waals surface area (Å²) in [4.78, 5) is 7.94. The third-order valence-electron chi connectivity index (χ3n) is 4.76. The van der Waals surface area contributed by atoms with E-state index in [2.05, 4.69) is 27.5 Å². The Kier molecular flexibility index (Phi) is 8.43. The van der Waals surface area contributed by atoms with Crippen molar-refractivity contribution < 1.29 is 22.6 Å². The van der Waals surface area contributed by atoms with Crippen molar-refractivity contribution in [2.75, 3.05) is 17.2 Å². The van der Waals surface area contributed by atoms with Crippen molar-refractivity contribution in [3.63, 3.8) is 0 Å². The Balaban J connectivity index is 1.74. The molecule has 0 atom stereocenters. The summed E-state index contributed by atoms with van der Waals surface area (Å²) in [7, 11) is 0. The van der Waals surface area contributed by atoms with Crippen LogP contribution in [0.2, 0.25) is 0 Å². The van der Waals surface area contributed by atoms with E-state index in [-0.39, 0.29) is 17.4 Å². The van der Waals surface area contributed by atoms with E-state index in [9.17, 15) is 13.2 Å². The van der Waals surface area contributed by atoms with Crippen LogP contribution >= 0.6 is 0 Å². The van der Waals surface area contributed by atoms with E-state index in [1.807, 2.05) is 20.8 Å². The Bertz CT molecular complexity index is 1080. The van der Waals surface area contributed by atoms with Gasteiger partial charge in [-0.3, -0.25) is 0 Å². The number of aromatic nitrogens is 2. The fourth-order valence-corrected chi connectivity index (χ4v) is 3.15. The van der Waals surface area contributed by atoms with Gasteiger partial charge in [0, 0.05) is 17.6 Å². The minimum Gasteiger partial charge on any atom is -0.494 e. The summed E-state index contributed by atoms with van der Waals surface area (Å²) in [6, 6.07) is 13.7. The van der Waals surface area contributed by atoms with Gasteiger partial charge < -0.3 is 20.1 Å². The second kappa shape index (κ2) is 11.3. The lowest BCUT2D eigenvalue weighted by Gasteiger charge is -2.21. The number of rotatable bonds is 10. The Morgan fingerprint density at radius 2 is 1.43 bits per heavy atom. The smallest absolute Gasteiger partial charge is 0.421 e. The van der Waals surface area contributed by atoms with Crippen LogP contribution in [0.5, 0.6) is 11.5 Å². The van der Waals surface area contributed by atoms with E-state index in [0.29, 0.717) is 29.5 Å². The maximum absolute atomic E-state index is 13.6. The number of unbranched alkanes of at least 4 members (excludes halogenated alkanes) is 2. The molecule has 188 valence electrons. The van der Waals surface area contributed by atoms with Crippen LogP contribution in [0.4, 0.5) is 36.3 Å². The summed E-state index contributed by atoms with van der Waals surface area (Å²) in [5.41, 5.74) is -0.242. The Labute approximate surface area is 203 Å². The van der Waals surface area contributed by atoms with E-state index in [4.69, 9.17) is 9.47 Å². The average Bonchev–Trinajstić information content (AvgIpc) is 2.78. The van der Waals surface area contributed by atoms with Gasteiger partial charge in [0.1, 0.15) is 28.5 Å². The number of halogens is 3. The van der Waals surface area contributed by atoms with E-state index < -0.39 is 11.7 Å². The number of hydrogen-bond donors (Lipinski definition) is 2. The third kappa shape index (κ3) is 8.35. The molecule has 0 unspecified atom stereocenters. The molecule has 1 heterocycles. The van der Waals surface area contributed by atoms with Crippen LogP contribution in [-0.2, 0) is 6.18 Å². The Hall–Kier alpha value is -3.49. The molecule has 0 aliphatic heterocycles. The Morgan fingerprint density at radius 3 is 2.00 bits per heavy atom. The second-order valence-corrected chi connectivity index (χ2v) is 9.02. The topological polar surface area (TPSA) is 68.3 Å². The van der Waals surface area contributed by atoms with Gasteiger partial charge in [-0.05, 0) is 75.7 Å². The molecule has 0 spiro atoms. The van der Waals surface area contributed by atoms with Crippen molar-refractivity contribution in [1.29, 1.82) is 0 Å². The Morgan fingerprint density at radius 1 is 0.829 bits per heavy atom. The van der Waals surface area contributed by atoms with E-state index in [1.54, 1.807) is 48.5 Å². The highest BCUT2D eigenvalue weighted by molar-refractivity contribution is 5.63. The molecule has 9 heteroatoms. The molecule has 0 aliphatic rings. The van der Waals surface area contributed by atoms with E-state index in [1.165, 1.54) is 0 Å². The van der Waals surface area contributed by atoms with Gasteiger partial charge in [-0.15, -0.1) is 0 Å². The first kappa shape index (κ1) is 26.1. The summed E-state index contributed by atoms with van der Waals surface area (Å²) in [5.74, 6) is 1.02. The molecular formula is C26H31F3N4O2. The van der Waals surface area contributed by atoms with Gasteiger partial charge in [-0.2, -0.15) is 18.2 Å². The first-order chi connectivity index (χ1) is 16.5. The lowest BCUT2D eigenvalue weighted by Crippen LogP contribution is -2.22. The SMILES string of the molecule is CCCCCOc1ccc(Nc2nc(Nc3ccc(OC(C)(C)C)cc3)ncc2C(F)(F)F)cc1. The molecule has 0 bridgehead atoms. The summed E-state index contributed by atoms with van der Waals surface area (Å²) in [6.45, 7) is 8.54. The fraction of sp³-hybridized carbons (Fsp3) is 0.385. The van der Waals surface area contributed by atoms with Gasteiger partial charge >= 0.3 is 6.18 Å². The molecule has 0 saturated heterocycles. The van der Waals surface area contributed by atoms with Crippen LogP contribution in [0.25, 0.3) is 0 Å². The molecule has 6 nitrogen and oxygen atoms in total. The van der Waals surface area contributed by atoms with Crippen molar-refractivity contribution >= 4 is 23.1 Å². The number of benzene rings is 2. The molecule has 2 aromatic carbocycles. The van der Waals surface area contributed by atoms with Gasteiger partial charge in [0.15, 0.2) is 0 Å². The fourth-order valence-electron chi connectivity index (χ4n) is 3.15. The van der Waals surface area contributed by atoms with Crippen LogP contribution in [-0.4, -0.2) is 22.2 Å². The van der Waals surface area contributed by atoms with Gasteiger partial charge in [-0.25, -0.2) is 4.98 Å². The molecule has 0 amide bonds. The third-order valence-corrected chi connectivity index (χ3v) is 4.76. The normalized spacial score (nSPS) is 11.7. The number of anilines is 4. The zero-order valence-electron chi connectivity index (χ0n) is 20.4. The van der Waals surface area contributed by atoms with Crippen molar-refractivity contribution in [3.05, 3.63) is 60.3 Å². The molecule has 3 aromatic rings. The minimum atomic E-state index is -4.62. The molecule has 0 saturated carbocycles. The van der Waals surface area contributed by atoms with E-state index in [0.717, 1.165) is 25.5 Å². The van der Waals surface area contributed by atoms with Crippen LogP contribution in [0.1, 0.15) is 52.5 Å². The molecule has 35 heavy (non-hydrogen) atoms. The molecule has 0 radical (unpaired) electrons. The van der Waals surface area contributed by atoms with Crippen LogP contribution in [0.15, 0.2) is 54.7 Å². The number of ether oxygens (including phenoxy) is 2. The van der Waals surface area contributed by atoms with Gasteiger partial charge in [0.2, 0.25) is 5.95 Å². The molecule has 0 aliphatic carbocycles. The summed E-state index contributed by atoms with van der Waals surface area (Å²) in [5, 5.41) is 5.69. The van der Waals surface area contributed by atoms with Crippen molar-refractivity contribution in [2.45, 2.75) is 58.7 Å². The maximum Gasteiger partial charge on any atom is 0.421 e. The largest absolute Gasteiger partial charge is 0.494 e. The zero-order chi connectivity index (χ0) is 25.5. The molecular weight excluding hydrogens is 457 g/mol. The molecule has 2 N–H and O–H groups in total. The predicted molar refractivity (Wildman–Crippen MR) is 132 cm³/mol. The monoisotopic (exact) mass is 488 g/mol. The number of alkyl halides is 3.